The second-order valence-electron chi connectivity index (χ2n) is 8.01. The van der Waals surface area contributed by atoms with Crippen molar-refractivity contribution in [1.29, 1.82) is 0 Å². The van der Waals surface area contributed by atoms with E-state index in [0.29, 0.717) is 13.0 Å². The molecule has 3 amide bonds. The number of likely N-dealkylation sites (tertiary alicyclic amines) is 1. The molecule has 1 N–H and O–H groups in total. The van der Waals surface area contributed by atoms with Gasteiger partial charge in [-0.3, -0.25) is 9.69 Å². The summed E-state index contributed by atoms with van der Waals surface area (Å²) in [6, 6.07) is 10.3. The minimum Gasteiger partial charge on any atom is -0.342 e. The van der Waals surface area contributed by atoms with Crippen LogP contribution in [-0.2, 0) is 4.79 Å². The first-order valence-corrected chi connectivity index (χ1v) is 10.2. The topological polar surface area (TPSA) is 52.7 Å². The Labute approximate surface area is 161 Å². The molecule has 144 valence electrons. The zero-order valence-corrected chi connectivity index (χ0v) is 16.2. The van der Waals surface area contributed by atoms with E-state index in [1.807, 2.05) is 22.8 Å². The van der Waals surface area contributed by atoms with Gasteiger partial charge in [-0.1, -0.05) is 43.3 Å². The van der Waals surface area contributed by atoms with Gasteiger partial charge in [0.15, 0.2) is 0 Å². The molecule has 4 atom stereocenters. The lowest BCUT2D eigenvalue weighted by molar-refractivity contribution is -0.136. The minimum atomic E-state index is -0.0795. The van der Waals surface area contributed by atoms with E-state index in [0.717, 1.165) is 31.6 Å². The van der Waals surface area contributed by atoms with E-state index >= 15 is 0 Å². The maximum absolute atomic E-state index is 13.3. The molecule has 0 radical (unpaired) electrons. The Kier molecular flexibility index (Phi) is 4.94. The molecular formula is C22H29N3O2. The van der Waals surface area contributed by atoms with Crippen LogP contribution in [0.15, 0.2) is 42.1 Å². The Hall–Kier alpha value is -2.30. The first kappa shape index (κ1) is 18.1. The number of carbonyl (C=O) groups excluding carboxylic acids is 2. The van der Waals surface area contributed by atoms with E-state index in [9.17, 15) is 9.59 Å². The van der Waals surface area contributed by atoms with Crippen molar-refractivity contribution in [3.63, 3.8) is 0 Å². The Morgan fingerprint density at radius 1 is 1.19 bits per heavy atom. The average molecular weight is 367 g/mol. The number of urea groups is 1. The second kappa shape index (κ2) is 7.37. The predicted octanol–water partition coefficient (Wildman–Crippen LogP) is 3.35. The molecule has 5 nitrogen and oxygen atoms in total. The number of nitrogens with one attached hydrogen (secondary N) is 1. The Morgan fingerprint density at radius 3 is 2.56 bits per heavy atom. The standard InChI is InChI=1S/C22H29N3O2/c1-3-25-20-14-17(16-9-5-4-6-10-16)15(2)18(13-19(20)23-22(25)27)21(26)24-11-7-8-12-24/h4-6,9-10,14-15,17-19H,3,7-8,11-13H2,1-2H3,(H,23,27)/t15-,17-,18+,19+/m1/s1. The second-order valence-corrected chi connectivity index (χ2v) is 8.01. The van der Waals surface area contributed by atoms with Crippen LogP contribution in [0, 0.1) is 11.8 Å². The molecular weight excluding hydrogens is 338 g/mol. The first-order valence-electron chi connectivity index (χ1n) is 10.2. The number of hydrogen-bond acceptors (Lipinski definition) is 2. The van der Waals surface area contributed by atoms with Crippen LogP contribution >= 0.6 is 0 Å². The van der Waals surface area contributed by atoms with Crippen molar-refractivity contribution < 1.29 is 9.59 Å². The highest BCUT2D eigenvalue weighted by atomic mass is 16.2. The third-order valence-corrected chi connectivity index (χ3v) is 6.49. The third kappa shape index (κ3) is 3.24. The van der Waals surface area contributed by atoms with Gasteiger partial charge < -0.3 is 10.2 Å². The molecule has 1 aliphatic carbocycles. The summed E-state index contributed by atoms with van der Waals surface area (Å²) >= 11 is 0. The lowest BCUT2D eigenvalue weighted by atomic mass is 9.78. The SMILES string of the molecule is CCN1C(=O)N[C@H]2C[C@H](C(=O)N3CCCC3)[C@H](C)[C@H](c3ccccc3)C=C21. The smallest absolute Gasteiger partial charge is 0.322 e. The molecule has 3 aliphatic rings. The van der Waals surface area contributed by atoms with Gasteiger partial charge in [0, 0.05) is 37.2 Å². The predicted molar refractivity (Wildman–Crippen MR) is 105 cm³/mol. The van der Waals surface area contributed by atoms with Crippen molar-refractivity contribution in [2.75, 3.05) is 19.6 Å². The van der Waals surface area contributed by atoms with Crippen molar-refractivity contribution in [1.82, 2.24) is 15.1 Å². The molecule has 0 saturated carbocycles. The number of likely N-dealkylation sites (N-methyl/N-ethyl adjacent to an activating group) is 1. The Bertz CT molecular complexity index is 739. The van der Waals surface area contributed by atoms with Crippen LogP contribution in [0.5, 0.6) is 0 Å². The van der Waals surface area contributed by atoms with Gasteiger partial charge in [0.1, 0.15) is 0 Å². The fourth-order valence-corrected chi connectivity index (χ4v) is 4.95. The van der Waals surface area contributed by atoms with E-state index in [-0.39, 0.29) is 35.7 Å². The van der Waals surface area contributed by atoms with E-state index in [1.54, 1.807) is 0 Å². The number of allylic oxidation sites excluding steroid dienone is 1. The van der Waals surface area contributed by atoms with Crippen molar-refractivity contribution in [3.05, 3.63) is 47.7 Å². The summed E-state index contributed by atoms with van der Waals surface area (Å²) in [5.41, 5.74) is 2.26. The van der Waals surface area contributed by atoms with E-state index in [4.69, 9.17) is 0 Å². The molecule has 5 heteroatoms. The van der Waals surface area contributed by atoms with Crippen LogP contribution in [0.25, 0.3) is 0 Å². The third-order valence-electron chi connectivity index (χ3n) is 6.49. The summed E-state index contributed by atoms with van der Waals surface area (Å²) in [6.07, 6.45) is 5.13. The van der Waals surface area contributed by atoms with Gasteiger partial charge in [-0.2, -0.15) is 0 Å². The number of nitrogens with zero attached hydrogens (tertiary/aromatic N) is 2. The molecule has 1 aromatic carbocycles. The van der Waals surface area contributed by atoms with Gasteiger partial charge in [-0.15, -0.1) is 0 Å². The van der Waals surface area contributed by atoms with Gasteiger partial charge >= 0.3 is 6.03 Å². The maximum Gasteiger partial charge on any atom is 0.322 e. The minimum absolute atomic E-state index is 0.0394. The number of rotatable bonds is 3. The highest BCUT2D eigenvalue weighted by Gasteiger charge is 2.44. The van der Waals surface area contributed by atoms with Crippen LogP contribution in [-0.4, -0.2) is 47.4 Å². The molecule has 4 rings (SSSR count). The number of hydrogen-bond donors (Lipinski definition) is 1. The molecule has 27 heavy (non-hydrogen) atoms. The van der Waals surface area contributed by atoms with E-state index in [1.165, 1.54) is 5.56 Å². The van der Waals surface area contributed by atoms with Gasteiger partial charge in [0.25, 0.3) is 0 Å². The number of amides is 3. The van der Waals surface area contributed by atoms with Gasteiger partial charge in [0.2, 0.25) is 5.91 Å². The molecule has 2 saturated heterocycles. The summed E-state index contributed by atoms with van der Waals surface area (Å²) < 4.78 is 0. The summed E-state index contributed by atoms with van der Waals surface area (Å²) in [5, 5.41) is 3.11. The summed E-state index contributed by atoms with van der Waals surface area (Å²) in [5.74, 6) is 0.502. The quantitative estimate of drug-likeness (QED) is 0.891. The fourth-order valence-electron chi connectivity index (χ4n) is 4.95. The molecule has 0 aromatic heterocycles. The van der Waals surface area contributed by atoms with E-state index < -0.39 is 0 Å². The normalized spacial score (nSPS) is 30.6. The van der Waals surface area contributed by atoms with Crippen molar-refractivity contribution in [3.8, 4) is 0 Å². The average Bonchev–Trinajstić information content (AvgIpc) is 3.29. The largest absolute Gasteiger partial charge is 0.342 e. The van der Waals surface area contributed by atoms with Crippen LogP contribution in [0.1, 0.15) is 44.6 Å². The van der Waals surface area contributed by atoms with Gasteiger partial charge in [0.05, 0.1) is 6.04 Å². The highest BCUT2D eigenvalue weighted by molar-refractivity contribution is 5.83. The van der Waals surface area contributed by atoms with Crippen LogP contribution in [0.4, 0.5) is 4.79 Å². The van der Waals surface area contributed by atoms with Crippen molar-refractivity contribution in [2.24, 2.45) is 11.8 Å². The maximum atomic E-state index is 13.3. The molecule has 1 aromatic rings. The molecule has 2 fully saturated rings. The van der Waals surface area contributed by atoms with Crippen molar-refractivity contribution in [2.45, 2.75) is 45.1 Å². The Balaban J connectivity index is 1.72. The molecule has 2 aliphatic heterocycles. The number of carbonyl (C=O) groups is 2. The van der Waals surface area contributed by atoms with Crippen LogP contribution in [0.3, 0.4) is 0 Å². The summed E-state index contributed by atoms with van der Waals surface area (Å²) in [7, 11) is 0. The van der Waals surface area contributed by atoms with Gasteiger partial charge in [-0.05, 0) is 37.7 Å². The lowest BCUT2D eigenvalue weighted by Gasteiger charge is -2.31. The molecule has 2 heterocycles. The van der Waals surface area contributed by atoms with Crippen LogP contribution in [0.2, 0.25) is 0 Å². The number of fused-ring (bicyclic) bond motifs is 1. The van der Waals surface area contributed by atoms with Crippen LogP contribution < -0.4 is 5.32 Å². The Morgan fingerprint density at radius 2 is 1.89 bits per heavy atom. The lowest BCUT2D eigenvalue weighted by Crippen LogP contribution is -2.40. The fraction of sp³-hybridized carbons (Fsp3) is 0.545. The van der Waals surface area contributed by atoms with Gasteiger partial charge in [-0.25, -0.2) is 4.79 Å². The summed E-state index contributed by atoms with van der Waals surface area (Å²) in [6.45, 7) is 6.59. The highest BCUT2D eigenvalue weighted by Crippen LogP contribution is 2.41. The molecule has 0 bridgehead atoms. The first-order chi connectivity index (χ1) is 13.1. The monoisotopic (exact) mass is 367 g/mol. The molecule has 0 unspecified atom stereocenters. The van der Waals surface area contributed by atoms with Crippen molar-refractivity contribution >= 4 is 11.9 Å². The zero-order valence-electron chi connectivity index (χ0n) is 16.2. The number of benzene rings is 1. The summed E-state index contributed by atoms with van der Waals surface area (Å²) in [4.78, 5) is 29.6. The molecule has 0 spiro atoms. The van der Waals surface area contributed by atoms with E-state index in [2.05, 4.69) is 42.6 Å². The zero-order chi connectivity index (χ0) is 19.0.